The SMILES string of the molecule is O=C(CCC(=O)Oc1cc(F)ccc1[N+](=O)[O-])OCc1c(F)c(F)c(F)c(F)c1F. The van der Waals surface area contributed by atoms with Crippen molar-refractivity contribution in [1.82, 2.24) is 0 Å². The van der Waals surface area contributed by atoms with Crippen LogP contribution in [0.5, 0.6) is 5.75 Å². The van der Waals surface area contributed by atoms with Gasteiger partial charge in [-0.1, -0.05) is 0 Å². The number of hydrogen-bond acceptors (Lipinski definition) is 6. The van der Waals surface area contributed by atoms with E-state index in [1.54, 1.807) is 0 Å². The summed E-state index contributed by atoms with van der Waals surface area (Å²) in [6, 6.07) is 2.07. The van der Waals surface area contributed by atoms with Gasteiger partial charge in [-0.15, -0.1) is 0 Å². The highest BCUT2D eigenvalue weighted by Crippen LogP contribution is 2.28. The number of nitrogens with zero attached hydrogens (tertiary/aromatic N) is 1. The van der Waals surface area contributed by atoms with E-state index in [9.17, 15) is 46.0 Å². The molecule has 0 N–H and O–H groups in total. The van der Waals surface area contributed by atoms with Gasteiger partial charge in [0, 0.05) is 12.1 Å². The summed E-state index contributed by atoms with van der Waals surface area (Å²) in [7, 11) is 0. The van der Waals surface area contributed by atoms with E-state index in [2.05, 4.69) is 9.47 Å². The summed E-state index contributed by atoms with van der Waals surface area (Å²) in [6.45, 7) is -1.31. The van der Waals surface area contributed by atoms with Crippen molar-refractivity contribution < 1.29 is 50.3 Å². The molecule has 2 rings (SSSR count). The highest BCUT2D eigenvalue weighted by molar-refractivity contribution is 5.79. The van der Waals surface area contributed by atoms with Gasteiger partial charge in [0.2, 0.25) is 11.6 Å². The van der Waals surface area contributed by atoms with E-state index < -0.39 is 88.2 Å². The summed E-state index contributed by atoms with van der Waals surface area (Å²) in [6.07, 6.45) is -1.51. The fraction of sp³-hybridized carbons (Fsp3) is 0.176. The van der Waals surface area contributed by atoms with Gasteiger partial charge in [-0.25, -0.2) is 26.3 Å². The lowest BCUT2D eigenvalue weighted by Gasteiger charge is -2.09. The number of rotatable bonds is 7. The van der Waals surface area contributed by atoms with Crippen LogP contribution in [0.3, 0.4) is 0 Å². The molecule has 0 radical (unpaired) electrons. The maximum Gasteiger partial charge on any atom is 0.312 e. The third kappa shape index (κ3) is 5.04. The van der Waals surface area contributed by atoms with Crippen molar-refractivity contribution in [2.75, 3.05) is 0 Å². The van der Waals surface area contributed by atoms with Crippen molar-refractivity contribution >= 4 is 17.6 Å². The Kier molecular flexibility index (Phi) is 6.97. The maximum absolute atomic E-state index is 13.5. The molecule has 0 amide bonds. The number of carbonyl (C=O) groups is 2. The van der Waals surface area contributed by atoms with Crippen LogP contribution in [0, 0.1) is 45.0 Å². The molecule has 0 aliphatic heterocycles. The molecule has 30 heavy (non-hydrogen) atoms. The summed E-state index contributed by atoms with van der Waals surface area (Å²) in [5, 5.41) is 10.8. The van der Waals surface area contributed by atoms with Crippen LogP contribution in [0.15, 0.2) is 18.2 Å². The number of benzene rings is 2. The second-order valence-electron chi connectivity index (χ2n) is 5.55. The summed E-state index contributed by atoms with van der Waals surface area (Å²) in [5.41, 5.74) is -2.11. The molecule has 0 saturated carbocycles. The molecule has 0 spiro atoms. The lowest BCUT2D eigenvalue weighted by Crippen LogP contribution is -2.14. The number of halogens is 6. The normalized spacial score (nSPS) is 10.6. The zero-order valence-corrected chi connectivity index (χ0v) is 14.5. The van der Waals surface area contributed by atoms with Gasteiger partial charge in [0.1, 0.15) is 12.4 Å². The van der Waals surface area contributed by atoms with E-state index in [4.69, 9.17) is 0 Å². The van der Waals surface area contributed by atoms with Gasteiger partial charge in [0.25, 0.3) is 0 Å². The van der Waals surface area contributed by atoms with E-state index in [1.165, 1.54) is 0 Å². The van der Waals surface area contributed by atoms with Crippen LogP contribution in [0.1, 0.15) is 18.4 Å². The number of nitro groups is 1. The molecule has 0 bridgehead atoms. The molecule has 0 unspecified atom stereocenters. The largest absolute Gasteiger partial charge is 0.461 e. The van der Waals surface area contributed by atoms with Crippen LogP contribution in [0.4, 0.5) is 32.0 Å². The number of carbonyl (C=O) groups excluding carboxylic acids is 2. The summed E-state index contributed by atoms with van der Waals surface area (Å²) >= 11 is 0. The van der Waals surface area contributed by atoms with Gasteiger partial charge in [0.05, 0.1) is 23.3 Å². The summed E-state index contributed by atoms with van der Waals surface area (Å²) in [4.78, 5) is 33.1. The first-order chi connectivity index (χ1) is 14.0. The first kappa shape index (κ1) is 22.6. The van der Waals surface area contributed by atoms with E-state index in [1.807, 2.05) is 0 Å². The Balaban J connectivity index is 1.96. The minimum absolute atomic E-state index is 0.567. The summed E-state index contributed by atoms with van der Waals surface area (Å²) < 4.78 is 88.1. The molecule has 2 aromatic carbocycles. The van der Waals surface area contributed by atoms with Gasteiger partial charge in [0.15, 0.2) is 23.3 Å². The third-order valence-corrected chi connectivity index (χ3v) is 3.55. The van der Waals surface area contributed by atoms with Crippen molar-refractivity contribution in [3.05, 3.63) is 68.8 Å². The van der Waals surface area contributed by atoms with E-state index in [0.717, 1.165) is 12.1 Å². The highest BCUT2D eigenvalue weighted by atomic mass is 19.2. The Morgan fingerprint density at radius 2 is 1.40 bits per heavy atom. The van der Waals surface area contributed by atoms with Crippen molar-refractivity contribution in [2.24, 2.45) is 0 Å². The molecule has 13 heteroatoms. The third-order valence-electron chi connectivity index (χ3n) is 3.55. The highest BCUT2D eigenvalue weighted by Gasteiger charge is 2.26. The average molecular weight is 437 g/mol. The second kappa shape index (κ2) is 9.24. The van der Waals surface area contributed by atoms with Gasteiger partial charge >= 0.3 is 17.6 Å². The number of hydrogen-bond donors (Lipinski definition) is 0. The Morgan fingerprint density at radius 1 is 0.867 bits per heavy atom. The standard InChI is InChI=1S/C17H9F6NO6/c18-7-1-2-9(24(27)28)10(5-7)30-12(26)4-3-11(25)29-6-8-13(19)15(21)17(23)16(22)14(8)20/h1-2,5H,3-4,6H2. The van der Waals surface area contributed by atoms with Gasteiger partial charge < -0.3 is 9.47 Å². The Morgan fingerprint density at radius 3 is 1.97 bits per heavy atom. The molecular weight excluding hydrogens is 428 g/mol. The van der Waals surface area contributed by atoms with E-state index in [0.29, 0.717) is 6.07 Å². The van der Waals surface area contributed by atoms with Crippen LogP contribution >= 0.6 is 0 Å². The number of ether oxygens (including phenoxy) is 2. The number of nitro benzene ring substituents is 1. The molecular formula is C17H9F6NO6. The smallest absolute Gasteiger partial charge is 0.312 e. The fourth-order valence-corrected chi connectivity index (χ4v) is 2.10. The molecule has 0 fully saturated rings. The van der Waals surface area contributed by atoms with Gasteiger partial charge in [-0.05, 0) is 6.07 Å². The molecule has 7 nitrogen and oxygen atoms in total. The molecule has 0 aliphatic carbocycles. The topological polar surface area (TPSA) is 95.7 Å². The quantitative estimate of drug-likeness (QED) is 0.124. The lowest BCUT2D eigenvalue weighted by atomic mass is 10.2. The maximum atomic E-state index is 13.5. The van der Waals surface area contributed by atoms with Crippen molar-refractivity contribution in [3.8, 4) is 5.75 Å². The molecule has 0 aliphatic rings. The zero-order chi connectivity index (χ0) is 22.6. The van der Waals surface area contributed by atoms with Gasteiger partial charge in [-0.2, -0.15) is 0 Å². The molecule has 160 valence electrons. The van der Waals surface area contributed by atoms with E-state index >= 15 is 0 Å². The molecule has 0 aromatic heterocycles. The van der Waals surface area contributed by atoms with Crippen LogP contribution < -0.4 is 4.74 Å². The Labute approximate surface area is 163 Å². The number of esters is 2. The minimum atomic E-state index is -2.38. The van der Waals surface area contributed by atoms with Crippen LogP contribution in [-0.2, 0) is 20.9 Å². The zero-order valence-electron chi connectivity index (χ0n) is 14.5. The van der Waals surface area contributed by atoms with Crippen molar-refractivity contribution in [2.45, 2.75) is 19.4 Å². The Bertz CT molecular complexity index is 999. The van der Waals surface area contributed by atoms with Crippen molar-refractivity contribution in [1.29, 1.82) is 0 Å². The predicted molar refractivity (Wildman–Crippen MR) is 84.0 cm³/mol. The summed E-state index contributed by atoms with van der Waals surface area (Å²) in [5.74, 6) is -15.3. The molecule has 0 atom stereocenters. The Hall–Kier alpha value is -3.64. The van der Waals surface area contributed by atoms with E-state index in [-0.39, 0.29) is 0 Å². The van der Waals surface area contributed by atoms with Gasteiger partial charge in [-0.3, -0.25) is 19.7 Å². The monoisotopic (exact) mass is 437 g/mol. The van der Waals surface area contributed by atoms with Crippen LogP contribution in [0.2, 0.25) is 0 Å². The van der Waals surface area contributed by atoms with Crippen LogP contribution in [0.25, 0.3) is 0 Å². The second-order valence-corrected chi connectivity index (χ2v) is 5.55. The fourth-order valence-electron chi connectivity index (χ4n) is 2.10. The van der Waals surface area contributed by atoms with Crippen LogP contribution in [-0.4, -0.2) is 16.9 Å². The predicted octanol–water partition coefficient (Wildman–Crippen LogP) is 3.86. The molecule has 0 saturated heterocycles. The molecule has 0 heterocycles. The first-order valence-electron chi connectivity index (χ1n) is 7.83. The first-order valence-corrected chi connectivity index (χ1v) is 7.83. The lowest BCUT2D eigenvalue weighted by molar-refractivity contribution is -0.385. The molecule has 2 aromatic rings. The minimum Gasteiger partial charge on any atom is -0.461 e. The average Bonchev–Trinajstić information content (AvgIpc) is 2.69. The van der Waals surface area contributed by atoms with Crippen molar-refractivity contribution in [3.63, 3.8) is 0 Å².